The lowest BCUT2D eigenvalue weighted by Gasteiger charge is -2.14. The van der Waals surface area contributed by atoms with Gasteiger partial charge in [0.2, 0.25) is 0 Å². The number of hydrogen-bond donors (Lipinski definition) is 1. The second-order valence-corrected chi connectivity index (χ2v) is 6.72. The topological polar surface area (TPSA) is 65.4 Å². The van der Waals surface area contributed by atoms with Crippen molar-refractivity contribution in [1.29, 1.82) is 0 Å². The molecule has 6 nitrogen and oxygen atoms in total. The summed E-state index contributed by atoms with van der Waals surface area (Å²) in [5.41, 5.74) is 6.92. The third-order valence-corrected chi connectivity index (χ3v) is 4.88. The van der Waals surface area contributed by atoms with Crippen LogP contribution in [-0.2, 0) is 11.3 Å². The Morgan fingerprint density at radius 1 is 1.11 bits per heavy atom. The van der Waals surface area contributed by atoms with Crippen LogP contribution < -0.4 is 10.1 Å². The summed E-state index contributed by atoms with van der Waals surface area (Å²) in [7, 11) is 1.34. The number of amides is 1. The van der Waals surface area contributed by atoms with Crippen molar-refractivity contribution in [3.05, 3.63) is 70.5 Å². The van der Waals surface area contributed by atoms with E-state index in [0.717, 1.165) is 34.0 Å². The molecule has 146 valence electrons. The number of nitrogens with one attached hydrogen (secondary N) is 1. The van der Waals surface area contributed by atoms with Crippen molar-refractivity contribution in [1.82, 2.24) is 9.78 Å². The van der Waals surface area contributed by atoms with E-state index in [2.05, 4.69) is 35.1 Å². The van der Waals surface area contributed by atoms with Crippen LogP contribution in [0.3, 0.4) is 0 Å². The second kappa shape index (κ2) is 8.17. The lowest BCUT2D eigenvalue weighted by Crippen LogP contribution is -2.13. The predicted molar refractivity (Wildman–Crippen MR) is 109 cm³/mol. The van der Waals surface area contributed by atoms with Gasteiger partial charge >= 0.3 is 6.09 Å². The van der Waals surface area contributed by atoms with Crippen LogP contribution in [0.1, 0.15) is 28.1 Å². The molecule has 1 heterocycles. The number of carbonyl (C=O) groups excluding carboxylic acids is 1. The quantitative estimate of drug-likeness (QED) is 0.687. The zero-order chi connectivity index (χ0) is 20.3. The number of ether oxygens (including phenoxy) is 2. The molecule has 0 aliphatic carbocycles. The Labute approximate surface area is 165 Å². The SMILES string of the molecule is COC(=O)Nc1ccccc1COc1ccc(-n2nc(C)c(C)c2C)cc1C. The Kier molecular flexibility index (Phi) is 5.68. The highest BCUT2D eigenvalue weighted by atomic mass is 16.5. The first kappa shape index (κ1) is 19.5. The van der Waals surface area contributed by atoms with Crippen LogP contribution in [0.2, 0.25) is 0 Å². The van der Waals surface area contributed by atoms with Crippen molar-refractivity contribution < 1.29 is 14.3 Å². The molecule has 0 saturated heterocycles. The molecule has 6 heteroatoms. The van der Waals surface area contributed by atoms with Gasteiger partial charge in [0.25, 0.3) is 0 Å². The molecule has 0 atom stereocenters. The summed E-state index contributed by atoms with van der Waals surface area (Å²) in [5, 5.41) is 7.32. The Hall–Kier alpha value is -3.28. The van der Waals surface area contributed by atoms with Crippen molar-refractivity contribution in [2.24, 2.45) is 0 Å². The standard InChI is InChI=1S/C22H25N3O3/c1-14-12-19(25-17(4)15(2)16(3)24-25)10-11-21(14)28-13-18-8-6-7-9-20(18)23-22(26)27-5/h6-12H,13H2,1-5H3,(H,23,26). The molecule has 0 unspecified atom stereocenters. The number of hydrogen-bond acceptors (Lipinski definition) is 4. The second-order valence-electron chi connectivity index (χ2n) is 6.72. The maximum atomic E-state index is 11.5. The van der Waals surface area contributed by atoms with E-state index in [1.54, 1.807) is 0 Å². The molecule has 3 aromatic rings. The zero-order valence-corrected chi connectivity index (χ0v) is 16.9. The predicted octanol–water partition coefficient (Wildman–Crippen LogP) is 4.86. The number of para-hydroxylation sites is 1. The Balaban J connectivity index is 1.78. The molecule has 0 saturated carbocycles. The Morgan fingerprint density at radius 3 is 2.50 bits per heavy atom. The average Bonchev–Trinajstić information content (AvgIpc) is 2.95. The van der Waals surface area contributed by atoms with E-state index in [-0.39, 0.29) is 0 Å². The Bertz CT molecular complexity index is 1010. The van der Waals surface area contributed by atoms with Gasteiger partial charge in [0, 0.05) is 11.3 Å². The van der Waals surface area contributed by atoms with Gasteiger partial charge in [0.05, 0.1) is 24.2 Å². The number of methoxy groups -OCH3 is 1. The van der Waals surface area contributed by atoms with Gasteiger partial charge in [0.15, 0.2) is 0 Å². The monoisotopic (exact) mass is 379 g/mol. The minimum atomic E-state index is -0.506. The lowest BCUT2D eigenvalue weighted by molar-refractivity contribution is 0.187. The molecule has 0 aliphatic heterocycles. The van der Waals surface area contributed by atoms with Crippen LogP contribution in [0.15, 0.2) is 42.5 Å². The highest BCUT2D eigenvalue weighted by Crippen LogP contribution is 2.25. The lowest BCUT2D eigenvalue weighted by atomic mass is 10.1. The van der Waals surface area contributed by atoms with Crippen LogP contribution in [-0.4, -0.2) is 23.0 Å². The molecule has 1 aromatic heterocycles. The molecule has 0 bridgehead atoms. The first-order chi connectivity index (χ1) is 13.4. The van der Waals surface area contributed by atoms with Gasteiger partial charge in [-0.05, 0) is 63.1 Å². The third-order valence-electron chi connectivity index (χ3n) is 4.88. The van der Waals surface area contributed by atoms with Gasteiger partial charge in [0.1, 0.15) is 12.4 Å². The molecule has 0 radical (unpaired) electrons. The number of carbonyl (C=O) groups is 1. The summed E-state index contributed by atoms with van der Waals surface area (Å²) < 4.78 is 12.6. The molecule has 0 fully saturated rings. The number of benzene rings is 2. The van der Waals surface area contributed by atoms with Gasteiger partial charge < -0.3 is 9.47 Å². The van der Waals surface area contributed by atoms with Crippen LogP contribution >= 0.6 is 0 Å². The van der Waals surface area contributed by atoms with Gasteiger partial charge in [-0.2, -0.15) is 5.10 Å². The van der Waals surface area contributed by atoms with Gasteiger partial charge in [-0.1, -0.05) is 18.2 Å². The number of aryl methyl sites for hydroxylation is 2. The van der Waals surface area contributed by atoms with E-state index in [1.807, 2.05) is 54.9 Å². The number of rotatable bonds is 5. The fraction of sp³-hybridized carbons (Fsp3) is 0.273. The van der Waals surface area contributed by atoms with E-state index in [9.17, 15) is 4.79 Å². The summed E-state index contributed by atoms with van der Waals surface area (Å²) in [6, 6.07) is 13.5. The summed E-state index contributed by atoms with van der Waals surface area (Å²) in [5.74, 6) is 0.787. The molecular formula is C22H25N3O3. The van der Waals surface area contributed by atoms with Crippen molar-refractivity contribution in [2.75, 3.05) is 12.4 Å². The molecule has 28 heavy (non-hydrogen) atoms. The van der Waals surface area contributed by atoms with E-state index in [4.69, 9.17) is 4.74 Å². The van der Waals surface area contributed by atoms with Crippen molar-refractivity contribution in [3.63, 3.8) is 0 Å². The molecule has 0 aliphatic rings. The average molecular weight is 379 g/mol. The molecular weight excluding hydrogens is 354 g/mol. The number of anilines is 1. The molecule has 1 N–H and O–H groups in total. The zero-order valence-electron chi connectivity index (χ0n) is 16.9. The third kappa shape index (κ3) is 4.01. The van der Waals surface area contributed by atoms with Crippen LogP contribution in [0.4, 0.5) is 10.5 Å². The summed E-state index contributed by atoms with van der Waals surface area (Å²) in [6.07, 6.45) is -0.506. The Morgan fingerprint density at radius 2 is 1.86 bits per heavy atom. The smallest absolute Gasteiger partial charge is 0.411 e. The molecule has 1 amide bonds. The largest absolute Gasteiger partial charge is 0.489 e. The summed E-state index contributed by atoms with van der Waals surface area (Å²) >= 11 is 0. The minimum Gasteiger partial charge on any atom is -0.489 e. The van der Waals surface area contributed by atoms with E-state index in [1.165, 1.54) is 12.7 Å². The van der Waals surface area contributed by atoms with E-state index in [0.29, 0.717) is 12.3 Å². The number of aromatic nitrogens is 2. The van der Waals surface area contributed by atoms with Crippen molar-refractivity contribution in [3.8, 4) is 11.4 Å². The number of nitrogens with zero attached hydrogens (tertiary/aromatic N) is 2. The maximum Gasteiger partial charge on any atom is 0.411 e. The normalized spacial score (nSPS) is 10.6. The first-order valence-corrected chi connectivity index (χ1v) is 9.10. The summed E-state index contributed by atoms with van der Waals surface area (Å²) in [6.45, 7) is 8.51. The van der Waals surface area contributed by atoms with Gasteiger partial charge in [-0.25, -0.2) is 9.48 Å². The van der Waals surface area contributed by atoms with Crippen LogP contribution in [0.25, 0.3) is 5.69 Å². The van der Waals surface area contributed by atoms with Crippen LogP contribution in [0, 0.1) is 27.7 Å². The molecule has 0 spiro atoms. The molecule has 3 rings (SSSR count). The maximum absolute atomic E-state index is 11.5. The molecule has 2 aromatic carbocycles. The van der Waals surface area contributed by atoms with Crippen LogP contribution in [0.5, 0.6) is 5.75 Å². The van der Waals surface area contributed by atoms with Crippen molar-refractivity contribution in [2.45, 2.75) is 34.3 Å². The van der Waals surface area contributed by atoms with E-state index >= 15 is 0 Å². The van der Waals surface area contributed by atoms with E-state index < -0.39 is 6.09 Å². The fourth-order valence-electron chi connectivity index (χ4n) is 2.98. The summed E-state index contributed by atoms with van der Waals surface area (Å²) in [4.78, 5) is 11.5. The highest BCUT2D eigenvalue weighted by Gasteiger charge is 2.11. The minimum absolute atomic E-state index is 0.333. The fourth-order valence-corrected chi connectivity index (χ4v) is 2.98. The van der Waals surface area contributed by atoms with Gasteiger partial charge in [-0.15, -0.1) is 0 Å². The highest BCUT2D eigenvalue weighted by molar-refractivity contribution is 5.85. The van der Waals surface area contributed by atoms with Crippen molar-refractivity contribution >= 4 is 11.8 Å². The first-order valence-electron chi connectivity index (χ1n) is 9.10. The van der Waals surface area contributed by atoms with Gasteiger partial charge in [-0.3, -0.25) is 5.32 Å².